The number of aryl methyl sites for hydroxylation is 1. The van der Waals surface area contributed by atoms with Crippen LogP contribution >= 0.6 is 0 Å². The molecule has 0 bridgehead atoms. The van der Waals surface area contributed by atoms with Crippen LogP contribution < -0.4 is 4.90 Å². The lowest BCUT2D eigenvalue weighted by molar-refractivity contribution is -0.125. The zero-order valence-corrected chi connectivity index (χ0v) is 14.3. The fraction of sp³-hybridized carbons (Fsp3) is 0.632. The fourth-order valence-electron chi connectivity index (χ4n) is 3.96. The normalized spacial score (nSPS) is 26.7. The van der Waals surface area contributed by atoms with Crippen LogP contribution in [0.2, 0.25) is 0 Å². The lowest BCUT2D eigenvalue weighted by Crippen LogP contribution is -2.54. The van der Waals surface area contributed by atoms with Crippen molar-refractivity contribution in [2.45, 2.75) is 45.6 Å². The van der Waals surface area contributed by atoms with Crippen molar-refractivity contribution in [3.63, 3.8) is 0 Å². The zero-order chi connectivity index (χ0) is 16.4. The number of carbonyl (C=O) groups excluding carboxylic acids is 1. The van der Waals surface area contributed by atoms with Crippen molar-refractivity contribution in [2.75, 3.05) is 31.1 Å². The van der Waals surface area contributed by atoms with E-state index in [2.05, 4.69) is 24.0 Å². The highest BCUT2D eigenvalue weighted by Gasteiger charge is 2.36. The zero-order valence-electron chi connectivity index (χ0n) is 14.3. The maximum Gasteiger partial charge on any atom is 0.244 e. The van der Waals surface area contributed by atoms with Crippen LogP contribution in [-0.2, 0) is 11.2 Å². The van der Waals surface area contributed by atoms with Crippen molar-refractivity contribution in [1.29, 1.82) is 0 Å². The van der Waals surface area contributed by atoms with E-state index in [4.69, 9.17) is 0 Å². The standard InChI is InChI=1S/C19H28N2O2/c1-15(20-11-6-10-19(2,13-20)14-22)18(23)21-12-5-8-16-7-3-4-9-17(16)21/h3-4,7,9,15,22H,5-6,8,10-14H2,1-2H3. The molecule has 0 spiro atoms. The average molecular weight is 316 g/mol. The molecule has 2 unspecified atom stereocenters. The van der Waals surface area contributed by atoms with E-state index < -0.39 is 0 Å². The summed E-state index contributed by atoms with van der Waals surface area (Å²) in [6.45, 7) is 6.88. The first-order valence-electron chi connectivity index (χ1n) is 8.78. The Morgan fingerprint density at radius 2 is 2.09 bits per heavy atom. The first kappa shape index (κ1) is 16.5. The van der Waals surface area contributed by atoms with Crippen molar-refractivity contribution >= 4 is 11.6 Å². The number of aliphatic hydroxyl groups excluding tert-OH is 1. The van der Waals surface area contributed by atoms with E-state index >= 15 is 0 Å². The summed E-state index contributed by atoms with van der Waals surface area (Å²) < 4.78 is 0. The van der Waals surface area contributed by atoms with Gasteiger partial charge >= 0.3 is 0 Å². The number of amides is 1. The molecule has 0 radical (unpaired) electrons. The number of para-hydroxylation sites is 1. The molecule has 1 aromatic rings. The highest BCUT2D eigenvalue weighted by atomic mass is 16.3. The van der Waals surface area contributed by atoms with Crippen molar-refractivity contribution in [1.82, 2.24) is 4.90 Å². The van der Waals surface area contributed by atoms with Gasteiger partial charge in [0.25, 0.3) is 0 Å². The first-order chi connectivity index (χ1) is 11.0. The second-order valence-electron chi connectivity index (χ2n) is 7.44. The number of fused-ring (bicyclic) bond motifs is 1. The highest BCUT2D eigenvalue weighted by Crippen LogP contribution is 2.32. The number of carbonyl (C=O) groups is 1. The number of hydrogen-bond acceptors (Lipinski definition) is 3. The molecule has 2 aliphatic rings. The molecule has 126 valence electrons. The molecule has 1 fully saturated rings. The topological polar surface area (TPSA) is 43.8 Å². The summed E-state index contributed by atoms with van der Waals surface area (Å²) in [6.07, 6.45) is 4.17. The largest absolute Gasteiger partial charge is 0.396 e. The molecular weight excluding hydrogens is 288 g/mol. The van der Waals surface area contributed by atoms with E-state index in [-0.39, 0.29) is 24.0 Å². The number of likely N-dealkylation sites (tertiary alicyclic amines) is 1. The summed E-state index contributed by atoms with van der Waals surface area (Å²) in [4.78, 5) is 17.3. The van der Waals surface area contributed by atoms with Gasteiger partial charge in [-0.1, -0.05) is 25.1 Å². The Hall–Kier alpha value is -1.39. The van der Waals surface area contributed by atoms with Gasteiger partial charge in [0.15, 0.2) is 0 Å². The first-order valence-corrected chi connectivity index (χ1v) is 8.78. The molecule has 1 amide bonds. The van der Waals surface area contributed by atoms with Crippen LogP contribution in [0.3, 0.4) is 0 Å². The summed E-state index contributed by atoms with van der Waals surface area (Å²) in [5, 5.41) is 9.65. The molecule has 4 nitrogen and oxygen atoms in total. The van der Waals surface area contributed by atoms with Crippen molar-refractivity contribution < 1.29 is 9.90 Å². The average Bonchev–Trinajstić information content (AvgIpc) is 2.60. The predicted octanol–water partition coefficient (Wildman–Crippen LogP) is 2.45. The van der Waals surface area contributed by atoms with Crippen molar-refractivity contribution in [3.8, 4) is 0 Å². The van der Waals surface area contributed by atoms with Crippen molar-refractivity contribution in [2.24, 2.45) is 5.41 Å². The molecule has 2 heterocycles. The number of piperidine rings is 1. The van der Waals surface area contributed by atoms with Gasteiger partial charge in [-0.3, -0.25) is 9.69 Å². The third-order valence-corrected chi connectivity index (χ3v) is 5.47. The smallest absolute Gasteiger partial charge is 0.244 e. The minimum absolute atomic E-state index is 0.0768. The summed E-state index contributed by atoms with van der Waals surface area (Å²) in [6, 6.07) is 8.12. The van der Waals surface area contributed by atoms with Crippen LogP contribution in [0, 0.1) is 5.41 Å². The molecule has 0 aliphatic carbocycles. The van der Waals surface area contributed by atoms with E-state index in [0.717, 1.165) is 51.0 Å². The van der Waals surface area contributed by atoms with Gasteiger partial charge in [0.2, 0.25) is 5.91 Å². The Balaban J connectivity index is 1.76. The van der Waals surface area contributed by atoms with Crippen LogP contribution in [-0.4, -0.2) is 48.2 Å². The summed E-state index contributed by atoms with van der Waals surface area (Å²) in [7, 11) is 0. The van der Waals surface area contributed by atoms with Gasteiger partial charge in [-0.05, 0) is 50.8 Å². The number of nitrogens with zero attached hydrogens (tertiary/aromatic N) is 2. The second kappa shape index (κ2) is 6.62. The lowest BCUT2D eigenvalue weighted by atomic mass is 9.82. The Morgan fingerprint density at radius 1 is 1.30 bits per heavy atom. The van der Waals surface area contributed by atoms with Crippen LogP contribution in [0.5, 0.6) is 0 Å². The Morgan fingerprint density at radius 3 is 2.87 bits per heavy atom. The number of benzene rings is 1. The van der Waals surface area contributed by atoms with E-state index in [9.17, 15) is 9.90 Å². The maximum atomic E-state index is 13.1. The molecule has 23 heavy (non-hydrogen) atoms. The third-order valence-electron chi connectivity index (χ3n) is 5.47. The number of rotatable bonds is 3. The lowest BCUT2D eigenvalue weighted by Gasteiger charge is -2.43. The van der Waals surface area contributed by atoms with E-state index in [1.807, 2.05) is 24.0 Å². The Bertz CT molecular complexity index is 574. The van der Waals surface area contributed by atoms with Gasteiger partial charge in [0.05, 0.1) is 6.04 Å². The van der Waals surface area contributed by atoms with Crippen molar-refractivity contribution in [3.05, 3.63) is 29.8 Å². The summed E-state index contributed by atoms with van der Waals surface area (Å²) in [5.41, 5.74) is 2.28. The molecule has 0 saturated carbocycles. The second-order valence-corrected chi connectivity index (χ2v) is 7.44. The summed E-state index contributed by atoms with van der Waals surface area (Å²) >= 11 is 0. The van der Waals surface area contributed by atoms with Crippen LogP contribution in [0.25, 0.3) is 0 Å². The minimum Gasteiger partial charge on any atom is -0.396 e. The van der Waals surface area contributed by atoms with Crippen LogP contribution in [0.15, 0.2) is 24.3 Å². The Labute approximate surface area is 139 Å². The van der Waals surface area contributed by atoms with Gasteiger partial charge in [-0.15, -0.1) is 0 Å². The predicted molar refractivity (Wildman–Crippen MR) is 92.6 cm³/mol. The molecular formula is C19H28N2O2. The number of aliphatic hydroxyl groups is 1. The highest BCUT2D eigenvalue weighted by molar-refractivity contribution is 5.98. The van der Waals surface area contributed by atoms with Crippen LogP contribution in [0.4, 0.5) is 5.69 Å². The molecule has 4 heteroatoms. The third kappa shape index (κ3) is 3.29. The Kier molecular flexibility index (Phi) is 4.74. The number of anilines is 1. The van der Waals surface area contributed by atoms with E-state index in [1.54, 1.807) is 0 Å². The van der Waals surface area contributed by atoms with Gasteiger partial charge in [-0.25, -0.2) is 0 Å². The molecule has 1 saturated heterocycles. The SMILES string of the molecule is CC(C(=O)N1CCCc2ccccc21)N1CCCC(C)(CO)C1. The van der Waals surface area contributed by atoms with Gasteiger partial charge in [-0.2, -0.15) is 0 Å². The van der Waals surface area contributed by atoms with Gasteiger partial charge in [0, 0.05) is 30.8 Å². The molecule has 2 aliphatic heterocycles. The fourth-order valence-corrected chi connectivity index (χ4v) is 3.96. The van der Waals surface area contributed by atoms with Crippen LogP contribution in [0.1, 0.15) is 38.7 Å². The molecule has 3 rings (SSSR count). The summed E-state index contributed by atoms with van der Waals surface area (Å²) in [5.74, 6) is 0.194. The quantitative estimate of drug-likeness (QED) is 0.931. The molecule has 1 N–H and O–H groups in total. The minimum atomic E-state index is -0.132. The molecule has 0 aromatic heterocycles. The molecule has 2 atom stereocenters. The van der Waals surface area contributed by atoms with Gasteiger partial charge in [0.1, 0.15) is 0 Å². The van der Waals surface area contributed by atoms with Gasteiger partial charge < -0.3 is 10.0 Å². The molecule has 1 aromatic carbocycles. The van der Waals surface area contributed by atoms with E-state index in [1.165, 1.54) is 5.56 Å². The maximum absolute atomic E-state index is 13.1. The number of hydrogen-bond donors (Lipinski definition) is 1. The monoisotopic (exact) mass is 316 g/mol. The van der Waals surface area contributed by atoms with E-state index in [0.29, 0.717) is 0 Å².